The van der Waals surface area contributed by atoms with Gasteiger partial charge in [-0.1, -0.05) is 6.92 Å². The molecule has 2 unspecified atom stereocenters. The summed E-state index contributed by atoms with van der Waals surface area (Å²) in [6.07, 6.45) is -2.29. The molecule has 114 valence electrons. The van der Waals surface area contributed by atoms with E-state index in [0.717, 1.165) is 0 Å². The van der Waals surface area contributed by atoms with Crippen molar-refractivity contribution in [2.24, 2.45) is 0 Å². The molecule has 0 aromatic rings. The third-order valence-corrected chi connectivity index (χ3v) is 1.35. The fourth-order valence-electron chi connectivity index (χ4n) is 0.270. The number of carbonyl (C=O) groups is 3. The maximum Gasteiger partial charge on any atom is 0.332 e. The fraction of sp³-hybridized carbons (Fsp3) is 0.700. The van der Waals surface area contributed by atoms with Crippen LogP contribution < -0.4 is 0 Å². The number of carboxylic acid groups (broad SMARTS) is 3. The molecule has 0 saturated carbocycles. The summed E-state index contributed by atoms with van der Waals surface area (Å²) in [6.45, 7) is 2.54. The zero-order valence-corrected chi connectivity index (χ0v) is 10.7. The summed E-state index contributed by atoms with van der Waals surface area (Å²) in [7, 11) is 0. The average molecular weight is 284 g/mol. The molecule has 0 fully saturated rings. The van der Waals surface area contributed by atoms with E-state index in [1.165, 1.54) is 6.92 Å². The molecule has 0 bridgehead atoms. The highest BCUT2D eigenvalue weighted by atomic mass is 16.4. The molecular weight excluding hydrogens is 264 g/mol. The largest absolute Gasteiger partial charge is 0.481 e. The number of hydrogen-bond donors (Lipinski definition) is 6. The Bertz CT molecular complexity index is 262. The van der Waals surface area contributed by atoms with Gasteiger partial charge in [0.25, 0.3) is 0 Å². The van der Waals surface area contributed by atoms with Gasteiger partial charge in [-0.05, 0) is 13.3 Å². The van der Waals surface area contributed by atoms with Gasteiger partial charge < -0.3 is 30.6 Å². The van der Waals surface area contributed by atoms with Crippen LogP contribution in [0.5, 0.6) is 0 Å². The fourth-order valence-corrected chi connectivity index (χ4v) is 0.270. The minimum atomic E-state index is -1.23. The van der Waals surface area contributed by atoms with E-state index in [9.17, 15) is 14.4 Å². The second kappa shape index (κ2) is 14.4. The van der Waals surface area contributed by atoms with Crippen LogP contribution in [0, 0.1) is 0 Å². The molecule has 9 heteroatoms. The Kier molecular flexibility index (Phi) is 17.0. The number of carboxylic acids is 3. The van der Waals surface area contributed by atoms with E-state index >= 15 is 0 Å². The predicted octanol–water partition coefficient (Wildman–Crippen LogP) is -1.25. The van der Waals surface area contributed by atoms with Crippen molar-refractivity contribution in [3.05, 3.63) is 0 Å². The number of aliphatic carboxylic acids is 3. The average Bonchev–Trinajstić information content (AvgIpc) is 2.29. The maximum atomic E-state index is 9.68. The topological polar surface area (TPSA) is 173 Å². The van der Waals surface area contributed by atoms with Crippen LogP contribution in [0.2, 0.25) is 0 Å². The number of rotatable bonds is 5. The molecule has 0 saturated heterocycles. The Morgan fingerprint density at radius 1 is 1.00 bits per heavy atom. The minimum Gasteiger partial charge on any atom is -0.481 e. The van der Waals surface area contributed by atoms with Crippen molar-refractivity contribution < 1.29 is 45.0 Å². The highest BCUT2D eigenvalue weighted by Crippen LogP contribution is 1.86. The summed E-state index contributed by atoms with van der Waals surface area (Å²) in [4.78, 5) is 28.6. The van der Waals surface area contributed by atoms with Crippen LogP contribution in [-0.2, 0) is 14.4 Å². The predicted molar refractivity (Wildman–Crippen MR) is 62.6 cm³/mol. The summed E-state index contributed by atoms with van der Waals surface area (Å²) >= 11 is 0. The Morgan fingerprint density at radius 2 is 1.37 bits per heavy atom. The molecule has 0 amide bonds. The maximum absolute atomic E-state index is 9.68. The smallest absolute Gasteiger partial charge is 0.332 e. The molecule has 0 aliphatic rings. The van der Waals surface area contributed by atoms with Gasteiger partial charge in [-0.3, -0.25) is 4.79 Å². The van der Waals surface area contributed by atoms with Crippen molar-refractivity contribution in [1.29, 1.82) is 0 Å². The van der Waals surface area contributed by atoms with Crippen molar-refractivity contribution in [2.75, 3.05) is 6.61 Å². The zero-order valence-electron chi connectivity index (χ0n) is 10.7. The first-order valence-corrected chi connectivity index (χ1v) is 5.24. The summed E-state index contributed by atoms with van der Waals surface area (Å²) in [6, 6.07) is 0. The molecule has 0 spiro atoms. The first-order valence-electron chi connectivity index (χ1n) is 5.24. The highest BCUT2D eigenvalue weighted by molar-refractivity contribution is 5.71. The van der Waals surface area contributed by atoms with E-state index in [0.29, 0.717) is 0 Å². The van der Waals surface area contributed by atoms with Crippen LogP contribution in [0.15, 0.2) is 0 Å². The Balaban J connectivity index is -0.000000203. The van der Waals surface area contributed by atoms with Crippen LogP contribution >= 0.6 is 0 Å². The van der Waals surface area contributed by atoms with E-state index in [1.807, 2.05) is 0 Å². The van der Waals surface area contributed by atoms with Gasteiger partial charge in [0.1, 0.15) is 6.10 Å². The lowest BCUT2D eigenvalue weighted by Gasteiger charge is -1.95. The summed E-state index contributed by atoms with van der Waals surface area (Å²) < 4.78 is 0. The quantitative estimate of drug-likeness (QED) is 0.360. The molecule has 0 aromatic carbocycles. The van der Waals surface area contributed by atoms with Gasteiger partial charge in [0.15, 0.2) is 6.10 Å². The standard InChI is InChI=1S/C4H8O3.2C3H6O3/c1-2-3(5)4(6)7;1-2(4)3(5)6;4-2-1-3(5)6/h3,5H,2H2,1H3,(H,6,7);2,4H,1H3,(H,5,6);4H,1-2H2,(H,5,6). The minimum absolute atomic E-state index is 0.153. The van der Waals surface area contributed by atoms with Crippen molar-refractivity contribution in [3.63, 3.8) is 0 Å². The van der Waals surface area contributed by atoms with E-state index in [-0.39, 0.29) is 19.4 Å². The Morgan fingerprint density at radius 3 is 1.37 bits per heavy atom. The highest BCUT2D eigenvalue weighted by Gasteiger charge is 2.07. The van der Waals surface area contributed by atoms with Crippen LogP contribution in [0.4, 0.5) is 0 Å². The lowest BCUT2D eigenvalue weighted by molar-refractivity contribution is -0.147. The van der Waals surface area contributed by atoms with Crippen LogP contribution in [0.25, 0.3) is 0 Å². The van der Waals surface area contributed by atoms with Gasteiger partial charge in [0.2, 0.25) is 0 Å². The van der Waals surface area contributed by atoms with E-state index in [2.05, 4.69) is 0 Å². The third-order valence-electron chi connectivity index (χ3n) is 1.35. The van der Waals surface area contributed by atoms with Crippen molar-refractivity contribution >= 4 is 17.9 Å². The zero-order chi connectivity index (χ0) is 16.0. The Hall–Kier alpha value is -1.71. The molecule has 0 heterocycles. The van der Waals surface area contributed by atoms with E-state index < -0.39 is 30.1 Å². The van der Waals surface area contributed by atoms with Gasteiger partial charge in [0, 0.05) is 0 Å². The van der Waals surface area contributed by atoms with Crippen molar-refractivity contribution in [2.45, 2.75) is 38.9 Å². The molecule has 0 aromatic heterocycles. The van der Waals surface area contributed by atoms with Crippen LogP contribution in [0.1, 0.15) is 26.7 Å². The van der Waals surface area contributed by atoms with Gasteiger partial charge in [0.05, 0.1) is 13.0 Å². The number of aliphatic hydroxyl groups excluding tert-OH is 3. The van der Waals surface area contributed by atoms with Gasteiger partial charge >= 0.3 is 17.9 Å². The second-order valence-corrected chi connectivity index (χ2v) is 3.14. The molecule has 9 nitrogen and oxygen atoms in total. The molecule has 0 aliphatic heterocycles. The van der Waals surface area contributed by atoms with Crippen molar-refractivity contribution in [3.8, 4) is 0 Å². The van der Waals surface area contributed by atoms with Gasteiger partial charge in [-0.2, -0.15) is 0 Å². The molecular formula is C10H20O9. The van der Waals surface area contributed by atoms with Gasteiger partial charge in [-0.15, -0.1) is 0 Å². The lowest BCUT2D eigenvalue weighted by Crippen LogP contribution is -2.17. The van der Waals surface area contributed by atoms with Crippen molar-refractivity contribution in [1.82, 2.24) is 0 Å². The third kappa shape index (κ3) is 26.1. The Labute approximate surface area is 109 Å². The molecule has 19 heavy (non-hydrogen) atoms. The first kappa shape index (κ1) is 22.5. The number of hydrogen-bond acceptors (Lipinski definition) is 6. The SMILES string of the molecule is CC(O)C(=O)O.CCC(O)C(=O)O.O=C(O)CCO. The van der Waals surface area contributed by atoms with E-state index in [4.69, 9.17) is 30.6 Å². The second-order valence-electron chi connectivity index (χ2n) is 3.14. The number of aliphatic hydroxyl groups is 3. The monoisotopic (exact) mass is 284 g/mol. The van der Waals surface area contributed by atoms with Crippen LogP contribution in [0.3, 0.4) is 0 Å². The van der Waals surface area contributed by atoms with E-state index in [1.54, 1.807) is 6.92 Å². The molecule has 6 N–H and O–H groups in total. The summed E-state index contributed by atoms with van der Waals surface area (Å²) in [5.41, 5.74) is 0. The van der Waals surface area contributed by atoms with Gasteiger partial charge in [-0.25, -0.2) is 9.59 Å². The molecule has 0 radical (unpaired) electrons. The molecule has 2 atom stereocenters. The molecule has 0 aliphatic carbocycles. The molecule has 0 rings (SSSR count). The van der Waals surface area contributed by atoms with Crippen LogP contribution in [-0.4, -0.2) is 67.4 Å². The first-order chi connectivity index (χ1) is 8.59. The summed E-state index contributed by atoms with van der Waals surface area (Å²) in [5, 5.41) is 47.6. The summed E-state index contributed by atoms with van der Waals surface area (Å²) in [5.74, 6) is -3.30. The normalized spacial score (nSPS) is 11.8. The lowest BCUT2D eigenvalue weighted by atomic mass is 10.3.